The first-order valence-corrected chi connectivity index (χ1v) is 9.28. The van der Waals surface area contributed by atoms with Gasteiger partial charge in [0, 0.05) is 23.6 Å². The number of nitrogens with one attached hydrogen (secondary N) is 1. The maximum absolute atomic E-state index is 12.8. The number of nitrogens with zero attached hydrogens (tertiary/aromatic N) is 1. The van der Waals surface area contributed by atoms with Gasteiger partial charge in [-0.3, -0.25) is 10.1 Å². The molecule has 2 aromatic carbocycles. The van der Waals surface area contributed by atoms with Gasteiger partial charge in [0.2, 0.25) is 5.91 Å². The minimum atomic E-state index is -4.37. The van der Waals surface area contributed by atoms with E-state index in [9.17, 15) is 18.0 Å². The second-order valence-corrected chi connectivity index (χ2v) is 7.36. The fourth-order valence-corrected chi connectivity index (χ4v) is 3.35. The molecule has 0 aliphatic heterocycles. The summed E-state index contributed by atoms with van der Waals surface area (Å²) in [6.07, 6.45) is 0.623. The van der Waals surface area contributed by atoms with Crippen LogP contribution in [0.25, 0.3) is 6.08 Å². The van der Waals surface area contributed by atoms with E-state index < -0.39 is 11.7 Å². The second kappa shape index (κ2) is 8.39. The van der Waals surface area contributed by atoms with Gasteiger partial charge in [-0.2, -0.15) is 13.2 Å². The lowest BCUT2D eigenvalue weighted by atomic mass is 10.1. The zero-order valence-corrected chi connectivity index (χ0v) is 15.8. The van der Waals surface area contributed by atoms with Crippen molar-refractivity contribution in [3.8, 4) is 0 Å². The summed E-state index contributed by atoms with van der Waals surface area (Å²) in [5.41, 5.74) is 1.91. The molecular weight excluding hydrogens is 385 g/mol. The number of alkyl halides is 3. The molecule has 3 nitrogen and oxygen atoms in total. The topological polar surface area (TPSA) is 42.0 Å². The number of thiazole rings is 1. The zero-order valence-electron chi connectivity index (χ0n) is 15.0. The van der Waals surface area contributed by atoms with Crippen LogP contribution in [0.15, 0.2) is 60.8 Å². The highest BCUT2D eigenvalue weighted by atomic mass is 32.1. The van der Waals surface area contributed by atoms with Crippen molar-refractivity contribution in [2.45, 2.75) is 19.5 Å². The van der Waals surface area contributed by atoms with Crippen LogP contribution in [0.3, 0.4) is 0 Å². The number of aromatic nitrogens is 1. The Labute approximate surface area is 164 Å². The molecule has 1 N–H and O–H groups in total. The third-order valence-electron chi connectivity index (χ3n) is 3.92. The minimum Gasteiger partial charge on any atom is -0.298 e. The number of aryl methyl sites for hydroxylation is 1. The van der Waals surface area contributed by atoms with Crippen LogP contribution in [-0.2, 0) is 17.4 Å². The van der Waals surface area contributed by atoms with Crippen molar-refractivity contribution in [1.82, 2.24) is 4.98 Å². The van der Waals surface area contributed by atoms with Gasteiger partial charge in [0.05, 0.1) is 5.56 Å². The Hall–Kier alpha value is -2.93. The van der Waals surface area contributed by atoms with E-state index in [1.807, 2.05) is 31.2 Å². The summed E-state index contributed by atoms with van der Waals surface area (Å²) in [7, 11) is 0. The largest absolute Gasteiger partial charge is 0.416 e. The highest BCUT2D eigenvalue weighted by molar-refractivity contribution is 7.15. The van der Waals surface area contributed by atoms with Crippen LogP contribution in [-0.4, -0.2) is 10.9 Å². The Morgan fingerprint density at radius 1 is 1.18 bits per heavy atom. The lowest BCUT2D eigenvalue weighted by Gasteiger charge is -2.07. The van der Waals surface area contributed by atoms with E-state index in [1.54, 1.807) is 18.3 Å². The number of rotatable bonds is 5. The molecule has 1 amide bonds. The highest BCUT2D eigenvalue weighted by Crippen LogP contribution is 2.30. The number of benzene rings is 2. The molecule has 0 spiro atoms. The average Bonchev–Trinajstić information content (AvgIpc) is 3.07. The van der Waals surface area contributed by atoms with Crippen LogP contribution in [0.5, 0.6) is 0 Å². The molecule has 0 bridgehead atoms. The van der Waals surface area contributed by atoms with Gasteiger partial charge in [-0.25, -0.2) is 4.98 Å². The van der Waals surface area contributed by atoms with E-state index in [0.717, 1.165) is 28.1 Å². The van der Waals surface area contributed by atoms with Crippen molar-refractivity contribution in [3.63, 3.8) is 0 Å². The monoisotopic (exact) mass is 402 g/mol. The van der Waals surface area contributed by atoms with Crippen LogP contribution in [0, 0.1) is 6.92 Å². The zero-order chi connectivity index (χ0) is 20.1. The summed E-state index contributed by atoms with van der Waals surface area (Å²) in [6.45, 7) is 1.99. The van der Waals surface area contributed by atoms with Crippen molar-refractivity contribution < 1.29 is 18.0 Å². The molecule has 0 saturated heterocycles. The predicted molar refractivity (Wildman–Crippen MR) is 105 cm³/mol. The number of hydrogen-bond acceptors (Lipinski definition) is 3. The van der Waals surface area contributed by atoms with Gasteiger partial charge >= 0.3 is 6.18 Å². The smallest absolute Gasteiger partial charge is 0.298 e. The third kappa shape index (κ3) is 5.53. The van der Waals surface area contributed by atoms with E-state index in [-0.39, 0.29) is 5.91 Å². The number of hydrogen-bond donors (Lipinski definition) is 1. The van der Waals surface area contributed by atoms with Crippen molar-refractivity contribution in [2.24, 2.45) is 0 Å². The standard InChI is InChI=1S/C21H17F3N2OS/c1-14-5-7-15(8-6-14)9-10-19(27)26-20-25-13-18(28-20)12-16-3-2-4-17(11-16)21(22,23)24/h2-11,13H,12H2,1H3,(H,25,26,27). The number of amides is 1. The maximum atomic E-state index is 12.8. The molecule has 3 aromatic rings. The molecule has 0 unspecified atom stereocenters. The van der Waals surface area contributed by atoms with Gasteiger partial charge in [-0.05, 0) is 30.2 Å². The summed E-state index contributed by atoms with van der Waals surface area (Å²) in [5.74, 6) is -0.319. The summed E-state index contributed by atoms with van der Waals surface area (Å²) >= 11 is 1.23. The molecule has 0 aliphatic carbocycles. The Balaban J connectivity index is 1.61. The molecule has 144 valence electrons. The normalized spacial score (nSPS) is 11.7. The van der Waals surface area contributed by atoms with Crippen LogP contribution in [0.2, 0.25) is 0 Å². The lowest BCUT2D eigenvalue weighted by Crippen LogP contribution is -2.07. The van der Waals surface area contributed by atoms with Crippen LogP contribution < -0.4 is 5.32 Å². The Bertz CT molecular complexity index is 991. The molecule has 1 heterocycles. The Kier molecular flexibility index (Phi) is 5.94. The van der Waals surface area contributed by atoms with Crippen LogP contribution in [0.1, 0.15) is 27.1 Å². The van der Waals surface area contributed by atoms with Crippen molar-refractivity contribution in [2.75, 3.05) is 5.32 Å². The van der Waals surface area contributed by atoms with Gasteiger partial charge in [0.1, 0.15) is 0 Å². The van der Waals surface area contributed by atoms with Crippen molar-refractivity contribution in [3.05, 3.63) is 87.9 Å². The van der Waals surface area contributed by atoms with Gasteiger partial charge in [0.25, 0.3) is 0 Å². The molecule has 0 radical (unpaired) electrons. The predicted octanol–water partition coefficient (Wildman–Crippen LogP) is 5.71. The summed E-state index contributed by atoms with van der Waals surface area (Å²) in [6, 6.07) is 12.9. The van der Waals surface area contributed by atoms with Gasteiger partial charge in [0.15, 0.2) is 5.13 Å². The fraction of sp³-hybridized carbons (Fsp3) is 0.143. The lowest BCUT2D eigenvalue weighted by molar-refractivity contribution is -0.137. The first-order chi connectivity index (χ1) is 13.3. The van der Waals surface area contributed by atoms with E-state index in [1.165, 1.54) is 23.5 Å². The molecule has 7 heteroatoms. The van der Waals surface area contributed by atoms with E-state index in [4.69, 9.17) is 0 Å². The second-order valence-electron chi connectivity index (χ2n) is 6.24. The summed E-state index contributed by atoms with van der Waals surface area (Å²) < 4.78 is 38.4. The number of halogens is 3. The van der Waals surface area contributed by atoms with Crippen molar-refractivity contribution >= 4 is 28.5 Å². The maximum Gasteiger partial charge on any atom is 0.416 e. The Morgan fingerprint density at radius 2 is 1.93 bits per heavy atom. The summed E-state index contributed by atoms with van der Waals surface area (Å²) in [5, 5.41) is 3.07. The molecule has 3 rings (SSSR count). The van der Waals surface area contributed by atoms with Gasteiger partial charge < -0.3 is 0 Å². The quantitative estimate of drug-likeness (QED) is 0.555. The number of carbonyl (C=O) groups is 1. The molecule has 1 aromatic heterocycles. The molecule has 0 fully saturated rings. The molecule has 0 saturated carbocycles. The van der Waals surface area contributed by atoms with Gasteiger partial charge in [-0.1, -0.05) is 48.0 Å². The van der Waals surface area contributed by atoms with E-state index >= 15 is 0 Å². The first kappa shape index (κ1) is 19.8. The highest BCUT2D eigenvalue weighted by Gasteiger charge is 2.30. The summed E-state index contributed by atoms with van der Waals surface area (Å²) in [4.78, 5) is 16.9. The third-order valence-corrected chi connectivity index (χ3v) is 4.83. The SMILES string of the molecule is Cc1ccc(C=CC(=O)Nc2ncc(Cc3cccc(C(F)(F)F)c3)s2)cc1. The number of anilines is 1. The van der Waals surface area contributed by atoms with Gasteiger partial charge in [-0.15, -0.1) is 11.3 Å². The van der Waals surface area contributed by atoms with E-state index in [2.05, 4.69) is 10.3 Å². The first-order valence-electron chi connectivity index (χ1n) is 8.46. The fourth-order valence-electron chi connectivity index (χ4n) is 2.50. The number of carbonyl (C=O) groups excluding carboxylic acids is 1. The molecular formula is C21H17F3N2OS. The minimum absolute atomic E-state index is 0.316. The van der Waals surface area contributed by atoms with Crippen molar-refractivity contribution in [1.29, 1.82) is 0 Å². The molecule has 0 aliphatic rings. The van der Waals surface area contributed by atoms with Crippen LogP contribution >= 0.6 is 11.3 Å². The molecule has 0 atom stereocenters. The average molecular weight is 402 g/mol. The van der Waals surface area contributed by atoms with E-state index in [0.29, 0.717) is 17.1 Å². The Morgan fingerprint density at radius 3 is 2.64 bits per heavy atom. The van der Waals surface area contributed by atoms with Crippen LogP contribution in [0.4, 0.5) is 18.3 Å². The molecule has 28 heavy (non-hydrogen) atoms.